The van der Waals surface area contributed by atoms with Crippen molar-refractivity contribution in [3.8, 4) is 5.75 Å². The van der Waals surface area contributed by atoms with Crippen LogP contribution in [0.2, 0.25) is 0 Å². The van der Waals surface area contributed by atoms with E-state index >= 15 is 0 Å². The third-order valence-electron chi connectivity index (χ3n) is 6.76. The summed E-state index contributed by atoms with van der Waals surface area (Å²) >= 11 is 0. The number of methoxy groups -OCH3 is 1. The van der Waals surface area contributed by atoms with Gasteiger partial charge in [0.1, 0.15) is 5.75 Å². The molecule has 0 saturated carbocycles. The molecule has 2 heterocycles. The van der Waals surface area contributed by atoms with Gasteiger partial charge in [0.05, 0.1) is 25.3 Å². The van der Waals surface area contributed by atoms with Crippen LogP contribution in [0.15, 0.2) is 36.4 Å². The SMILES string of the molecule is COc1c(C)cccc1N1CCN(C[C@H](O)CCNC(=O)c2ccc3c(c2)CC(=O)N3C)CC1. The van der Waals surface area contributed by atoms with Crippen molar-refractivity contribution in [2.45, 2.75) is 25.9 Å². The number of rotatable bonds is 8. The number of β-amino-alcohol motifs (C(OH)–C–C–N with tert-alkyl or cyclic N) is 1. The van der Waals surface area contributed by atoms with Gasteiger partial charge in [-0.3, -0.25) is 14.5 Å². The molecule has 34 heavy (non-hydrogen) atoms. The molecule has 2 aliphatic heterocycles. The third-order valence-corrected chi connectivity index (χ3v) is 6.76. The largest absolute Gasteiger partial charge is 0.494 e. The van der Waals surface area contributed by atoms with E-state index < -0.39 is 6.10 Å². The Kier molecular flexibility index (Phi) is 7.38. The number of benzene rings is 2. The van der Waals surface area contributed by atoms with E-state index in [1.165, 1.54) is 0 Å². The summed E-state index contributed by atoms with van der Waals surface area (Å²) in [6, 6.07) is 11.5. The van der Waals surface area contributed by atoms with Crippen LogP contribution in [-0.2, 0) is 11.2 Å². The molecule has 182 valence electrons. The summed E-state index contributed by atoms with van der Waals surface area (Å²) in [6.07, 6.45) is 0.311. The fraction of sp³-hybridized carbons (Fsp3) is 0.462. The van der Waals surface area contributed by atoms with Crippen LogP contribution in [0.4, 0.5) is 11.4 Å². The summed E-state index contributed by atoms with van der Waals surface area (Å²) in [5.41, 5.74) is 4.52. The Bertz CT molecular complexity index is 1050. The third kappa shape index (κ3) is 5.18. The summed E-state index contributed by atoms with van der Waals surface area (Å²) in [6.45, 7) is 6.51. The number of piperazine rings is 1. The number of aliphatic hydroxyl groups is 1. The summed E-state index contributed by atoms with van der Waals surface area (Å²) in [4.78, 5) is 30.6. The van der Waals surface area contributed by atoms with Crippen LogP contribution < -0.4 is 19.9 Å². The first-order valence-corrected chi connectivity index (χ1v) is 11.8. The number of carbonyl (C=O) groups is 2. The summed E-state index contributed by atoms with van der Waals surface area (Å²) in [5.74, 6) is 0.779. The Morgan fingerprint density at radius 1 is 1.15 bits per heavy atom. The Balaban J connectivity index is 1.20. The van der Waals surface area contributed by atoms with Crippen molar-refractivity contribution in [2.24, 2.45) is 0 Å². The van der Waals surface area contributed by atoms with Gasteiger partial charge in [-0.25, -0.2) is 0 Å². The molecule has 4 rings (SSSR count). The zero-order valence-electron chi connectivity index (χ0n) is 20.2. The van der Waals surface area contributed by atoms with Gasteiger partial charge >= 0.3 is 0 Å². The van der Waals surface area contributed by atoms with Crippen LogP contribution in [0.25, 0.3) is 0 Å². The molecule has 0 spiro atoms. The number of anilines is 2. The lowest BCUT2D eigenvalue weighted by Crippen LogP contribution is -2.49. The van der Waals surface area contributed by atoms with Crippen LogP contribution >= 0.6 is 0 Å². The molecule has 8 nitrogen and oxygen atoms in total. The Hall–Kier alpha value is -3.10. The zero-order valence-corrected chi connectivity index (χ0v) is 20.2. The van der Waals surface area contributed by atoms with Crippen molar-refractivity contribution in [3.05, 3.63) is 53.1 Å². The van der Waals surface area contributed by atoms with Crippen molar-refractivity contribution < 1.29 is 19.4 Å². The molecule has 1 saturated heterocycles. The highest BCUT2D eigenvalue weighted by atomic mass is 16.5. The number of aryl methyl sites for hydroxylation is 1. The van der Waals surface area contributed by atoms with Crippen molar-refractivity contribution >= 4 is 23.2 Å². The minimum atomic E-state index is -0.508. The van der Waals surface area contributed by atoms with Crippen LogP contribution in [0.1, 0.15) is 27.9 Å². The van der Waals surface area contributed by atoms with Gasteiger partial charge in [-0.2, -0.15) is 0 Å². The summed E-state index contributed by atoms with van der Waals surface area (Å²) in [7, 11) is 3.45. The lowest BCUT2D eigenvalue weighted by Gasteiger charge is -2.37. The number of ether oxygens (including phenoxy) is 1. The van der Waals surface area contributed by atoms with E-state index in [0.717, 1.165) is 54.4 Å². The van der Waals surface area contributed by atoms with E-state index in [1.807, 2.05) is 6.07 Å². The van der Waals surface area contributed by atoms with Gasteiger partial charge in [0.25, 0.3) is 5.91 Å². The number of likely N-dealkylation sites (N-methyl/N-ethyl adjacent to an activating group) is 1. The molecule has 1 fully saturated rings. The number of fused-ring (bicyclic) bond motifs is 1. The molecule has 0 radical (unpaired) electrons. The molecule has 2 aromatic carbocycles. The van der Waals surface area contributed by atoms with E-state index in [2.05, 4.69) is 40.2 Å². The minimum absolute atomic E-state index is 0.0366. The first-order valence-electron chi connectivity index (χ1n) is 11.8. The number of hydrogen-bond acceptors (Lipinski definition) is 6. The van der Waals surface area contributed by atoms with E-state index in [1.54, 1.807) is 31.2 Å². The topological polar surface area (TPSA) is 85.3 Å². The molecule has 0 aromatic heterocycles. The highest BCUT2D eigenvalue weighted by Crippen LogP contribution is 2.32. The van der Waals surface area contributed by atoms with Gasteiger partial charge in [0.2, 0.25) is 5.91 Å². The van der Waals surface area contributed by atoms with E-state index in [4.69, 9.17) is 4.74 Å². The van der Waals surface area contributed by atoms with E-state index in [-0.39, 0.29) is 11.8 Å². The average Bonchev–Trinajstić information content (AvgIpc) is 3.12. The molecule has 0 unspecified atom stereocenters. The van der Waals surface area contributed by atoms with Crippen molar-refractivity contribution in [1.82, 2.24) is 10.2 Å². The number of amides is 2. The predicted molar refractivity (Wildman–Crippen MR) is 133 cm³/mol. The van der Waals surface area contributed by atoms with Crippen LogP contribution in [0, 0.1) is 6.92 Å². The number of nitrogens with zero attached hydrogens (tertiary/aromatic N) is 3. The van der Waals surface area contributed by atoms with Crippen LogP contribution in [-0.4, -0.2) is 81.4 Å². The maximum atomic E-state index is 12.5. The molecule has 1 atom stereocenters. The number of carbonyl (C=O) groups excluding carboxylic acids is 2. The lowest BCUT2D eigenvalue weighted by atomic mass is 10.1. The highest BCUT2D eigenvalue weighted by Gasteiger charge is 2.25. The van der Waals surface area contributed by atoms with Gasteiger partial charge in [-0.15, -0.1) is 0 Å². The maximum absolute atomic E-state index is 12.5. The molecular weight excluding hydrogens is 432 g/mol. The molecule has 8 heteroatoms. The highest BCUT2D eigenvalue weighted by molar-refractivity contribution is 6.03. The average molecular weight is 467 g/mol. The molecule has 0 aliphatic carbocycles. The molecule has 2 aliphatic rings. The monoisotopic (exact) mass is 466 g/mol. The van der Waals surface area contributed by atoms with Gasteiger partial charge in [0, 0.05) is 57.6 Å². The Labute approximate surface area is 201 Å². The van der Waals surface area contributed by atoms with E-state index in [9.17, 15) is 14.7 Å². The van der Waals surface area contributed by atoms with Crippen LogP contribution in [0.5, 0.6) is 5.75 Å². The number of para-hydroxylation sites is 1. The second kappa shape index (κ2) is 10.4. The number of nitrogens with one attached hydrogen (secondary N) is 1. The molecule has 2 N–H and O–H groups in total. The fourth-order valence-corrected chi connectivity index (χ4v) is 4.78. The molecule has 0 bridgehead atoms. The maximum Gasteiger partial charge on any atom is 0.251 e. The molecular formula is C26H34N4O4. The second-order valence-electron chi connectivity index (χ2n) is 9.09. The number of aliphatic hydroxyl groups excluding tert-OH is 1. The van der Waals surface area contributed by atoms with Gasteiger partial charge in [-0.1, -0.05) is 12.1 Å². The van der Waals surface area contributed by atoms with Crippen molar-refractivity contribution in [2.75, 3.05) is 63.2 Å². The summed E-state index contributed by atoms with van der Waals surface area (Å²) < 4.78 is 5.60. The zero-order chi connectivity index (χ0) is 24.2. The normalized spacial score (nSPS) is 17.0. The molecule has 2 aromatic rings. The predicted octanol–water partition coefficient (Wildman–Crippen LogP) is 1.83. The fourth-order valence-electron chi connectivity index (χ4n) is 4.78. The van der Waals surface area contributed by atoms with Gasteiger partial charge in [0.15, 0.2) is 0 Å². The smallest absolute Gasteiger partial charge is 0.251 e. The standard InChI is InChI=1S/C26H34N4O4/c1-18-5-4-6-23(25(18)34-3)30-13-11-29(12-14-30)17-21(31)9-10-27-26(33)19-7-8-22-20(15-19)16-24(32)28(22)2/h4-8,15,21,31H,9-14,16-17H2,1-3H3,(H,27,33)/t21-/m1/s1. The van der Waals surface area contributed by atoms with Gasteiger partial charge in [-0.05, 0) is 48.7 Å². The summed E-state index contributed by atoms with van der Waals surface area (Å²) in [5, 5.41) is 13.4. The Morgan fingerprint density at radius 3 is 2.65 bits per heavy atom. The lowest BCUT2D eigenvalue weighted by molar-refractivity contribution is -0.117. The van der Waals surface area contributed by atoms with Crippen molar-refractivity contribution in [1.29, 1.82) is 0 Å². The minimum Gasteiger partial charge on any atom is -0.494 e. The first kappa shape index (κ1) is 24.0. The van der Waals surface area contributed by atoms with Gasteiger partial charge < -0.3 is 25.0 Å². The Morgan fingerprint density at radius 2 is 1.91 bits per heavy atom. The van der Waals surface area contributed by atoms with Crippen molar-refractivity contribution in [3.63, 3.8) is 0 Å². The molecule has 2 amide bonds. The number of hydrogen-bond donors (Lipinski definition) is 2. The van der Waals surface area contributed by atoms with E-state index in [0.29, 0.717) is 31.5 Å². The quantitative estimate of drug-likeness (QED) is 0.618. The first-order chi connectivity index (χ1) is 16.4. The second-order valence-corrected chi connectivity index (χ2v) is 9.09. The van der Waals surface area contributed by atoms with Crippen LogP contribution in [0.3, 0.4) is 0 Å².